The Labute approximate surface area is 89.8 Å². The lowest BCUT2D eigenvalue weighted by Crippen LogP contribution is -2.78. The zero-order chi connectivity index (χ0) is 10.7. The normalized spacial score (nSPS) is 10.5. The van der Waals surface area contributed by atoms with Gasteiger partial charge in [0.15, 0.2) is 5.82 Å². The van der Waals surface area contributed by atoms with E-state index in [0.717, 1.165) is 12.4 Å². The first-order valence-corrected chi connectivity index (χ1v) is 5.18. The van der Waals surface area contributed by atoms with Crippen molar-refractivity contribution in [3.8, 4) is 5.69 Å². The fourth-order valence-electron chi connectivity index (χ4n) is 1.61. The number of aromatic nitrogens is 2. The second kappa shape index (κ2) is 4.28. The van der Waals surface area contributed by atoms with Crippen LogP contribution in [0, 0.1) is 6.92 Å². The molecule has 15 heavy (non-hydrogen) atoms. The number of nitrogens with zero attached hydrogens (tertiary/aromatic N) is 2. The molecule has 2 N–H and O–H groups in total. The number of benzene rings is 1. The van der Waals surface area contributed by atoms with E-state index < -0.39 is 0 Å². The second-order valence-electron chi connectivity index (χ2n) is 3.66. The monoisotopic (exact) mass is 202 g/mol. The topological polar surface area (TPSA) is 34.4 Å². The van der Waals surface area contributed by atoms with Gasteiger partial charge in [0.05, 0.1) is 7.05 Å². The van der Waals surface area contributed by atoms with Gasteiger partial charge in [-0.1, -0.05) is 17.7 Å². The molecule has 78 valence electrons. The van der Waals surface area contributed by atoms with Crippen LogP contribution < -0.4 is 5.32 Å². The zero-order valence-corrected chi connectivity index (χ0v) is 9.14. The molecule has 0 saturated carbocycles. The lowest BCUT2D eigenvalue weighted by atomic mass is 10.2. The maximum absolute atomic E-state index is 4.34. The van der Waals surface area contributed by atoms with Crippen molar-refractivity contribution in [1.82, 2.24) is 9.55 Å². The van der Waals surface area contributed by atoms with E-state index in [1.165, 1.54) is 11.3 Å². The van der Waals surface area contributed by atoms with Crippen molar-refractivity contribution >= 4 is 0 Å². The number of nitrogens with two attached hydrogens (primary N) is 1. The third kappa shape index (κ3) is 2.07. The average Bonchev–Trinajstić information content (AvgIpc) is 2.68. The molecular formula is C12H16N3+. The molecule has 2 aromatic rings. The van der Waals surface area contributed by atoms with Gasteiger partial charge in [0.1, 0.15) is 6.54 Å². The van der Waals surface area contributed by atoms with E-state index in [1.807, 2.05) is 19.4 Å². The Morgan fingerprint density at radius 2 is 2.00 bits per heavy atom. The molecule has 0 radical (unpaired) electrons. The summed E-state index contributed by atoms with van der Waals surface area (Å²) in [5, 5.41) is 2.12. The minimum atomic E-state index is 0.904. The Balaban J connectivity index is 2.36. The summed E-state index contributed by atoms with van der Waals surface area (Å²) in [7, 11) is 2.05. The minimum Gasteiger partial charge on any atom is -0.342 e. The molecule has 0 bridgehead atoms. The number of aryl methyl sites for hydroxylation is 1. The number of hydrogen-bond acceptors (Lipinski definition) is 1. The first-order valence-electron chi connectivity index (χ1n) is 5.18. The van der Waals surface area contributed by atoms with Gasteiger partial charge in [-0.25, -0.2) is 4.98 Å². The third-order valence-electron chi connectivity index (χ3n) is 2.42. The van der Waals surface area contributed by atoms with Gasteiger partial charge >= 0.3 is 0 Å². The minimum absolute atomic E-state index is 0.904. The number of rotatable bonds is 3. The van der Waals surface area contributed by atoms with E-state index in [2.05, 4.69) is 46.1 Å². The largest absolute Gasteiger partial charge is 0.342 e. The van der Waals surface area contributed by atoms with Crippen LogP contribution >= 0.6 is 0 Å². The molecule has 1 heterocycles. The molecule has 0 atom stereocenters. The van der Waals surface area contributed by atoms with Crippen molar-refractivity contribution in [3.05, 3.63) is 48.0 Å². The lowest BCUT2D eigenvalue weighted by Gasteiger charge is -2.06. The molecule has 0 aliphatic heterocycles. The average molecular weight is 202 g/mol. The van der Waals surface area contributed by atoms with Gasteiger partial charge in [-0.15, -0.1) is 0 Å². The summed E-state index contributed by atoms with van der Waals surface area (Å²) in [5.74, 6) is 1.08. The summed E-state index contributed by atoms with van der Waals surface area (Å²) in [6.45, 7) is 3.00. The van der Waals surface area contributed by atoms with Gasteiger partial charge in [-0.2, -0.15) is 0 Å². The zero-order valence-electron chi connectivity index (χ0n) is 9.14. The first-order chi connectivity index (χ1) is 7.31. The predicted molar refractivity (Wildman–Crippen MR) is 59.9 cm³/mol. The van der Waals surface area contributed by atoms with Crippen LogP contribution in [-0.2, 0) is 6.54 Å². The third-order valence-corrected chi connectivity index (χ3v) is 2.42. The summed E-state index contributed by atoms with van der Waals surface area (Å²) in [6, 6.07) is 8.48. The maximum atomic E-state index is 4.34. The van der Waals surface area contributed by atoms with Crippen LogP contribution in [0.2, 0.25) is 0 Å². The highest BCUT2D eigenvalue weighted by Crippen LogP contribution is 2.10. The van der Waals surface area contributed by atoms with E-state index in [4.69, 9.17) is 0 Å². The molecule has 1 aromatic carbocycles. The Morgan fingerprint density at radius 1 is 1.27 bits per heavy atom. The van der Waals surface area contributed by atoms with Crippen molar-refractivity contribution < 1.29 is 5.32 Å². The molecule has 3 heteroatoms. The van der Waals surface area contributed by atoms with Crippen molar-refractivity contribution in [3.63, 3.8) is 0 Å². The number of hydrogen-bond donors (Lipinski definition) is 1. The van der Waals surface area contributed by atoms with Crippen LogP contribution in [0.5, 0.6) is 0 Å². The summed E-state index contributed by atoms with van der Waals surface area (Å²) in [5.41, 5.74) is 2.46. The van der Waals surface area contributed by atoms with Crippen LogP contribution in [0.4, 0.5) is 0 Å². The van der Waals surface area contributed by atoms with Gasteiger partial charge in [0, 0.05) is 18.1 Å². The Kier molecular flexibility index (Phi) is 2.83. The molecule has 1 aromatic heterocycles. The SMILES string of the molecule is C[NH2+]Cc1nccn1-c1ccc(C)cc1. The van der Waals surface area contributed by atoms with Gasteiger partial charge in [0.2, 0.25) is 0 Å². The number of quaternary nitrogens is 1. The maximum Gasteiger partial charge on any atom is 0.168 e. The Morgan fingerprint density at radius 3 is 2.67 bits per heavy atom. The van der Waals surface area contributed by atoms with E-state index in [0.29, 0.717) is 0 Å². The van der Waals surface area contributed by atoms with E-state index >= 15 is 0 Å². The fourth-order valence-corrected chi connectivity index (χ4v) is 1.61. The highest BCUT2D eigenvalue weighted by molar-refractivity contribution is 5.35. The van der Waals surface area contributed by atoms with Crippen LogP contribution in [0.15, 0.2) is 36.7 Å². The van der Waals surface area contributed by atoms with Crippen molar-refractivity contribution in [1.29, 1.82) is 0 Å². The molecule has 0 aliphatic carbocycles. The fraction of sp³-hybridized carbons (Fsp3) is 0.250. The van der Waals surface area contributed by atoms with Crippen molar-refractivity contribution in [2.75, 3.05) is 7.05 Å². The molecule has 2 rings (SSSR count). The Bertz CT molecular complexity index is 428. The summed E-state index contributed by atoms with van der Waals surface area (Å²) in [6.07, 6.45) is 3.85. The van der Waals surface area contributed by atoms with Crippen LogP contribution in [0.25, 0.3) is 5.69 Å². The Hall–Kier alpha value is -1.61. The summed E-state index contributed by atoms with van der Waals surface area (Å²) < 4.78 is 2.12. The van der Waals surface area contributed by atoms with Gasteiger partial charge in [-0.3, -0.25) is 4.57 Å². The van der Waals surface area contributed by atoms with Crippen molar-refractivity contribution in [2.24, 2.45) is 0 Å². The van der Waals surface area contributed by atoms with Gasteiger partial charge in [-0.05, 0) is 19.1 Å². The summed E-state index contributed by atoms with van der Waals surface area (Å²) >= 11 is 0. The summed E-state index contributed by atoms with van der Waals surface area (Å²) in [4.78, 5) is 4.34. The molecule has 0 fully saturated rings. The highest BCUT2D eigenvalue weighted by atomic mass is 15.1. The van der Waals surface area contributed by atoms with E-state index in [1.54, 1.807) is 0 Å². The quantitative estimate of drug-likeness (QED) is 0.787. The molecule has 0 amide bonds. The van der Waals surface area contributed by atoms with Crippen molar-refractivity contribution in [2.45, 2.75) is 13.5 Å². The molecule has 0 aliphatic rings. The number of imidazole rings is 1. The van der Waals surface area contributed by atoms with Crippen LogP contribution in [-0.4, -0.2) is 16.6 Å². The van der Waals surface area contributed by atoms with Gasteiger partial charge in [0.25, 0.3) is 0 Å². The molecule has 0 spiro atoms. The highest BCUT2D eigenvalue weighted by Gasteiger charge is 2.04. The molecular weight excluding hydrogens is 186 g/mol. The smallest absolute Gasteiger partial charge is 0.168 e. The standard InChI is InChI=1S/C12H15N3/c1-10-3-5-11(6-4-10)15-8-7-14-12(15)9-13-2/h3-8,13H,9H2,1-2H3/p+1. The van der Waals surface area contributed by atoms with E-state index in [9.17, 15) is 0 Å². The lowest BCUT2D eigenvalue weighted by molar-refractivity contribution is -0.644. The molecule has 3 nitrogen and oxygen atoms in total. The van der Waals surface area contributed by atoms with E-state index in [-0.39, 0.29) is 0 Å². The second-order valence-corrected chi connectivity index (χ2v) is 3.66. The molecule has 0 unspecified atom stereocenters. The predicted octanol–water partition coefficient (Wildman–Crippen LogP) is 0.874. The van der Waals surface area contributed by atoms with Gasteiger partial charge < -0.3 is 5.32 Å². The van der Waals surface area contributed by atoms with Crippen LogP contribution in [0.3, 0.4) is 0 Å². The first kappa shape index (κ1) is 9.93. The molecule has 0 saturated heterocycles. The van der Waals surface area contributed by atoms with Crippen LogP contribution in [0.1, 0.15) is 11.4 Å².